The molecule has 8 nitrogen and oxygen atoms in total. The molecule has 0 atom stereocenters. The molecule has 1 aliphatic rings. The zero-order valence-corrected chi connectivity index (χ0v) is 15.0. The number of anilines is 2. The fourth-order valence-electron chi connectivity index (χ4n) is 2.98. The van der Waals surface area contributed by atoms with Gasteiger partial charge in [-0.05, 0) is 30.2 Å². The average molecular weight is 350 g/mol. The van der Waals surface area contributed by atoms with Gasteiger partial charge in [0.1, 0.15) is 0 Å². The van der Waals surface area contributed by atoms with Gasteiger partial charge in [-0.3, -0.25) is 4.68 Å². The minimum atomic E-state index is 0.392. The Bertz CT molecular complexity index is 857. The average Bonchev–Trinajstić information content (AvgIpc) is 3.09. The first-order chi connectivity index (χ1) is 12.7. The maximum Gasteiger partial charge on any atom is 0.222 e. The van der Waals surface area contributed by atoms with E-state index in [1.165, 1.54) is 5.69 Å². The molecule has 0 unspecified atom stereocenters. The molecule has 1 N–H and O–H groups in total. The van der Waals surface area contributed by atoms with Gasteiger partial charge in [0, 0.05) is 18.9 Å². The van der Waals surface area contributed by atoms with Gasteiger partial charge in [-0.25, -0.2) is 9.97 Å². The van der Waals surface area contributed by atoms with Gasteiger partial charge < -0.3 is 10.2 Å². The Hall–Kier alpha value is -3.03. The fraction of sp³-hybridized carbons (Fsp3) is 0.389. The van der Waals surface area contributed by atoms with Crippen LogP contribution < -0.4 is 10.2 Å². The second-order valence-corrected chi connectivity index (χ2v) is 6.67. The molecule has 0 aliphatic carbocycles. The summed E-state index contributed by atoms with van der Waals surface area (Å²) in [6.45, 7) is 7.35. The Morgan fingerprint density at radius 2 is 1.96 bits per heavy atom. The number of rotatable bonds is 5. The summed E-state index contributed by atoms with van der Waals surface area (Å²) < 4.78 is 2.06. The van der Waals surface area contributed by atoms with Crippen LogP contribution in [-0.4, -0.2) is 36.5 Å². The van der Waals surface area contributed by atoms with Gasteiger partial charge in [-0.1, -0.05) is 13.8 Å². The van der Waals surface area contributed by atoms with Crippen LogP contribution in [0.25, 0.3) is 0 Å². The van der Waals surface area contributed by atoms with Crippen molar-refractivity contribution in [2.45, 2.75) is 39.4 Å². The van der Waals surface area contributed by atoms with Crippen molar-refractivity contribution in [1.82, 2.24) is 29.9 Å². The van der Waals surface area contributed by atoms with Crippen molar-refractivity contribution in [2.75, 3.05) is 16.8 Å². The molecule has 0 spiro atoms. The molecular formula is C18H22N8. The maximum absolute atomic E-state index is 4.67. The first-order valence-electron chi connectivity index (χ1n) is 8.84. The van der Waals surface area contributed by atoms with Gasteiger partial charge >= 0.3 is 0 Å². The van der Waals surface area contributed by atoms with Crippen LogP contribution in [0.5, 0.6) is 0 Å². The van der Waals surface area contributed by atoms with Crippen LogP contribution in [-0.2, 0) is 19.6 Å². The highest BCUT2D eigenvalue weighted by atomic mass is 15.4. The zero-order valence-electron chi connectivity index (χ0n) is 15.0. The van der Waals surface area contributed by atoms with E-state index in [0.29, 0.717) is 18.4 Å². The van der Waals surface area contributed by atoms with Crippen LogP contribution in [0.3, 0.4) is 0 Å². The van der Waals surface area contributed by atoms with E-state index in [1.807, 2.05) is 0 Å². The molecular weight excluding hydrogens is 328 g/mol. The highest BCUT2D eigenvalue weighted by Crippen LogP contribution is 2.20. The van der Waals surface area contributed by atoms with Crippen molar-refractivity contribution in [2.24, 2.45) is 0 Å². The highest BCUT2D eigenvalue weighted by Gasteiger charge is 2.20. The van der Waals surface area contributed by atoms with Crippen molar-refractivity contribution < 1.29 is 0 Å². The summed E-state index contributed by atoms with van der Waals surface area (Å²) in [5, 5.41) is 16.6. The second-order valence-electron chi connectivity index (χ2n) is 6.67. The molecule has 0 fully saturated rings. The molecule has 3 aromatic rings. The van der Waals surface area contributed by atoms with Crippen molar-refractivity contribution >= 4 is 11.8 Å². The number of nitrogens with one attached hydrogen (secondary N) is 1. The van der Waals surface area contributed by atoms with Gasteiger partial charge in [0.15, 0.2) is 5.82 Å². The van der Waals surface area contributed by atoms with Crippen molar-refractivity contribution in [3.05, 3.63) is 53.7 Å². The van der Waals surface area contributed by atoms with Crippen LogP contribution in [0.15, 0.2) is 36.7 Å². The molecule has 8 heteroatoms. The van der Waals surface area contributed by atoms with Crippen LogP contribution in [0.4, 0.5) is 11.8 Å². The lowest BCUT2D eigenvalue weighted by atomic mass is 10.1. The van der Waals surface area contributed by atoms with Crippen molar-refractivity contribution in [3.63, 3.8) is 0 Å². The van der Waals surface area contributed by atoms with E-state index in [1.54, 1.807) is 18.5 Å². The van der Waals surface area contributed by atoms with E-state index in [0.717, 1.165) is 36.8 Å². The highest BCUT2D eigenvalue weighted by molar-refractivity contribution is 5.39. The third-order valence-electron chi connectivity index (χ3n) is 4.43. The Labute approximate surface area is 152 Å². The summed E-state index contributed by atoms with van der Waals surface area (Å²) in [5.41, 5.74) is 3.18. The minimum Gasteiger partial charge on any atom is -0.348 e. The molecule has 4 rings (SSSR count). The summed E-state index contributed by atoms with van der Waals surface area (Å²) in [6.07, 6.45) is 3.44. The SMILES string of the molecule is CC(C)c1ccc(N2CCn3nc(CNc4ncccn4)cc3C2)nn1. The van der Waals surface area contributed by atoms with Crippen LogP contribution in [0.2, 0.25) is 0 Å². The van der Waals surface area contributed by atoms with E-state index < -0.39 is 0 Å². The first kappa shape index (κ1) is 16.4. The number of hydrogen-bond donors (Lipinski definition) is 1. The topological polar surface area (TPSA) is 84.7 Å². The Balaban J connectivity index is 1.43. The molecule has 0 saturated heterocycles. The van der Waals surface area contributed by atoms with E-state index in [4.69, 9.17) is 0 Å². The fourth-order valence-corrected chi connectivity index (χ4v) is 2.98. The largest absolute Gasteiger partial charge is 0.348 e. The molecule has 26 heavy (non-hydrogen) atoms. The number of fused-ring (bicyclic) bond motifs is 1. The molecule has 4 heterocycles. The summed E-state index contributed by atoms with van der Waals surface area (Å²) in [7, 11) is 0. The summed E-state index contributed by atoms with van der Waals surface area (Å²) in [5.74, 6) is 1.92. The summed E-state index contributed by atoms with van der Waals surface area (Å²) in [6, 6.07) is 8.04. The van der Waals surface area contributed by atoms with E-state index >= 15 is 0 Å². The number of nitrogens with zero attached hydrogens (tertiary/aromatic N) is 7. The molecule has 1 aliphatic heterocycles. The molecule has 0 bridgehead atoms. The van der Waals surface area contributed by atoms with Crippen molar-refractivity contribution in [3.8, 4) is 0 Å². The maximum atomic E-state index is 4.67. The smallest absolute Gasteiger partial charge is 0.222 e. The molecule has 134 valence electrons. The standard InChI is InChI=1S/C18H22N8/c1-13(2)16-4-5-17(23-22-16)25-8-9-26-15(12-25)10-14(24-26)11-21-18-19-6-3-7-20-18/h3-7,10,13H,8-9,11-12H2,1-2H3,(H,19,20,21). The van der Waals surface area contributed by atoms with Gasteiger partial charge in [-0.2, -0.15) is 10.2 Å². The predicted molar refractivity (Wildman–Crippen MR) is 98.8 cm³/mol. The lowest BCUT2D eigenvalue weighted by Gasteiger charge is -2.28. The van der Waals surface area contributed by atoms with Crippen molar-refractivity contribution in [1.29, 1.82) is 0 Å². The second kappa shape index (κ2) is 7.07. The molecule has 3 aromatic heterocycles. The van der Waals surface area contributed by atoms with Gasteiger partial charge in [0.05, 0.1) is 36.7 Å². The van der Waals surface area contributed by atoms with Crippen LogP contribution >= 0.6 is 0 Å². The van der Waals surface area contributed by atoms with Gasteiger partial charge in [0.2, 0.25) is 5.95 Å². The lowest BCUT2D eigenvalue weighted by molar-refractivity contribution is 0.512. The third kappa shape index (κ3) is 3.49. The van der Waals surface area contributed by atoms with Gasteiger partial charge in [-0.15, -0.1) is 5.10 Å². The monoisotopic (exact) mass is 350 g/mol. The number of hydrogen-bond acceptors (Lipinski definition) is 7. The Kier molecular flexibility index (Phi) is 4.47. The molecule has 0 radical (unpaired) electrons. The normalized spacial score (nSPS) is 13.7. The molecule has 0 amide bonds. The summed E-state index contributed by atoms with van der Waals surface area (Å²) >= 11 is 0. The van der Waals surface area contributed by atoms with E-state index in [2.05, 4.69) is 72.2 Å². The minimum absolute atomic E-state index is 0.392. The van der Waals surface area contributed by atoms with Crippen LogP contribution in [0, 0.1) is 0 Å². The third-order valence-corrected chi connectivity index (χ3v) is 4.43. The first-order valence-corrected chi connectivity index (χ1v) is 8.84. The van der Waals surface area contributed by atoms with E-state index in [9.17, 15) is 0 Å². The molecule has 0 saturated carbocycles. The van der Waals surface area contributed by atoms with Gasteiger partial charge in [0.25, 0.3) is 0 Å². The quantitative estimate of drug-likeness (QED) is 0.755. The summed E-state index contributed by atoms with van der Waals surface area (Å²) in [4.78, 5) is 10.6. The lowest BCUT2D eigenvalue weighted by Crippen LogP contribution is -2.34. The Morgan fingerprint density at radius 1 is 1.12 bits per heavy atom. The Morgan fingerprint density at radius 3 is 2.69 bits per heavy atom. The zero-order chi connectivity index (χ0) is 17.9. The van der Waals surface area contributed by atoms with Crippen LogP contribution in [0.1, 0.15) is 36.8 Å². The molecule has 0 aromatic carbocycles. The van der Waals surface area contributed by atoms with E-state index in [-0.39, 0.29) is 0 Å². The predicted octanol–water partition coefficient (Wildman–Crippen LogP) is 2.22. The number of aromatic nitrogens is 6.